The quantitative estimate of drug-likeness (QED) is 0.248. The molecule has 0 aromatic heterocycles. The maximum atomic E-state index is 13.0. The molecule has 1 amide bonds. The number of carbonyl (C=O) groups excluding carboxylic acids is 1. The largest absolute Gasteiger partial charge is 0.490 e. The van der Waals surface area contributed by atoms with Crippen LogP contribution in [0.15, 0.2) is 50.2 Å². The summed E-state index contributed by atoms with van der Waals surface area (Å²) in [4.78, 5) is 15.2. The monoisotopic (exact) mass is 611 g/mol. The topological polar surface area (TPSA) is 48.0 Å². The Morgan fingerprint density at radius 3 is 2.73 bits per heavy atom. The number of carbonyl (C=O) groups is 1. The van der Waals surface area contributed by atoms with Gasteiger partial charge in [0, 0.05) is 11.1 Å². The second-order valence-electron chi connectivity index (χ2n) is 7.61. The van der Waals surface area contributed by atoms with E-state index in [1.54, 1.807) is 4.90 Å². The zero-order valence-corrected chi connectivity index (χ0v) is 22.8. The number of hydrogen-bond donors (Lipinski definition) is 0. The standard InChI is InChI=1S/C24H23Br2NO4S2/c1-2-29-20-11-16(10-19(26)22(20)31-14-15-5-7-17(25)8-6-15)12-21-23(28)27(24(32)33-21)13-18-4-3-9-30-18/h5-8,10-12,18H,2-4,9,13-14H2,1H3/b21-12-/t18-/m1/s1. The fourth-order valence-electron chi connectivity index (χ4n) is 3.61. The summed E-state index contributed by atoms with van der Waals surface area (Å²) < 4.78 is 20.0. The Balaban J connectivity index is 1.52. The van der Waals surface area contributed by atoms with Gasteiger partial charge < -0.3 is 14.2 Å². The number of hydrogen-bond acceptors (Lipinski definition) is 6. The molecule has 0 aliphatic carbocycles. The summed E-state index contributed by atoms with van der Waals surface area (Å²) in [6.07, 6.45) is 3.90. The van der Waals surface area contributed by atoms with Gasteiger partial charge in [-0.25, -0.2) is 0 Å². The van der Waals surface area contributed by atoms with Gasteiger partial charge in [-0.3, -0.25) is 9.69 Å². The van der Waals surface area contributed by atoms with E-state index in [-0.39, 0.29) is 12.0 Å². The van der Waals surface area contributed by atoms with Crippen molar-refractivity contribution in [3.05, 3.63) is 61.4 Å². The molecule has 5 nitrogen and oxygen atoms in total. The van der Waals surface area contributed by atoms with Crippen LogP contribution in [-0.2, 0) is 16.1 Å². The minimum absolute atomic E-state index is 0.0627. The number of benzene rings is 2. The number of thiocarbonyl (C=S) groups is 1. The Kier molecular flexibility index (Phi) is 8.51. The van der Waals surface area contributed by atoms with Gasteiger partial charge in [-0.05, 0) is 77.2 Å². The van der Waals surface area contributed by atoms with Crippen LogP contribution >= 0.6 is 55.8 Å². The summed E-state index contributed by atoms with van der Waals surface area (Å²) in [7, 11) is 0. The highest BCUT2D eigenvalue weighted by Gasteiger charge is 2.34. The van der Waals surface area contributed by atoms with Gasteiger partial charge in [-0.15, -0.1) is 0 Å². The van der Waals surface area contributed by atoms with E-state index in [0.717, 1.165) is 39.5 Å². The molecule has 2 heterocycles. The zero-order chi connectivity index (χ0) is 23.4. The van der Waals surface area contributed by atoms with Crippen LogP contribution in [0, 0.1) is 0 Å². The maximum Gasteiger partial charge on any atom is 0.266 e. The molecule has 0 N–H and O–H groups in total. The van der Waals surface area contributed by atoms with Crippen LogP contribution in [0.3, 0.4) is 0 Å². The highest BCUT2D eigenvalue weighted by Crippen LogP contribution is 2.40. The number of nitrogens with zero attached hydrogens (tertiary/aromatic N) is 1. The molecule has 0 bridgehead atoms. The molecule has 0 saturated carbocycles. The van der Waals surface area contributed by atoms with Crippen molar-refractivity contribution in [2.24, 2.45) is 0 Å². The van der Waals surface area contributed by atoms with Crippen LogP contribution in [0.2, 0.25) is 0 Å². The van der Waals surface area contributed by atoms with E-state index in [9.17, 15) is 4.79 Å². The summed E-state index contributed by atoms with van der Waals surface area (Å²) in [6, 6.07) is 11.8. The second kappa shape index (κ2) is 11.4. The van der Waals surface area contributed by atoms with E-state index in [0.29, 0.717) is 40.5 Å². The van der Waals surface area contributed by atoms with Crippen LogP contribution in [-0.4, -0.2) is 41.0 Å². The zero-order valence-electron chi connectivity index (χ0n) is 18.0. The van der Waals surface area contributed by atoms with E-state index < -0.39 is 0 Å². The number of rotatable bonds is 8. The molecule has 2 saturated heterocycles. The summed E-state index contributed by atoms with van der Waals surface area (Å²) >= 11 is 13.8. The third-order valence-corrected chi connectivity index (χ3v) is 7.71. The smallest absolute Gasteiger partial charge is 0.266 e. The molecule has 2 fully saturated rings. The predicted molar refractivity (Wildman–Crippen MR) is 143 cm³/mol. The first-order chi connectivity index (χ1) is 15.9. The molecule has 9 heteroatoms. The SMILES string of the molecule is CCOc1cc(/C=C2\SC(=S)N(C[C@H]3CCCO3)C2=O)cc(Br)c1OCc1ccc(Br)cc1. The maximum absolute atomic E-state index is 13.0. The summed E-state index contributed by atoms with van der Waals surface area (Å²) in [6.45, 7) is 4.09. The molecular weight excluding hydrogens is 590 g/mol. The van der Waals surface area contributed by atoms with Crippen LogP contribution in [0.4, 0.5) is 0 Å². The van der Waals surface area contributed by atoms with E-state index in [1.165, 1.54) is 11.8 Å². The molecule has 0 spiro atoms. The van der Waals surface area contributed by atoms with Crippen molar-refractivity contribution in [3.8, 4) is 11.5 Å². The van der Waals surface area contributed by atoms with Gasteiger partial charge in [-0.2, -0.15) is 0 Å². The first-order valence-electron chi connectivity index (χ1n) is 10.6. The highest BCUT2D eigenvalue weighted by atomic mass is 79.9. The molecule has 0 unspecified atom stereocenters. The van der Waals surface area contributed by atoms with Gasteiger partial charge >= 0.3 is 0 Å². The van der Waals surface area contributed by atoms with Crippen LogP contribution in [0.5, 0.6) is 11.5 Å². The number of ether oxygens (including phenoxy) is 3. The normalized spacial score (nSPS) is 19.5. The summed E-state index contributed by atoms with van der Waals surface area (Å²) in [5, 5.41) is 0. The molecule has 2 aliphatic heterocycles. The second-order valence-corrected chi connectivity index (χ2v) is 11.1. The molecule has 2 aliphatic rings. The fourth-order valence-corrected chi connectivity index (χ4v) is 5.72. The molecule has 2 aromatic rings. The Morgan fingerprint density at radius 1 is 1.24 bits per heavy atom. The van der Waals surface area contributed by atoms with Crippen LogP contribution in [0.25, 0.3) is 6.08 Å². The Hall–Kier alpha value is -1.39. The van der Waals surface area contributed by atoms with Crippen molar-refractivity contribution in [2.75, 3.05) is 19.8 Å². The van der Waals surface area contributed by atoms with Crippen molar-refractivity contribution < 1.29 is 19.0 Å². The lowest BCUT2D eigenvalue weighted by Gasteiger charge is -2.18. The summed E-state index contributed by atoms with van der Waals surface area (Å²) in [5.41, 5.74) is 1.88. The van der Waals surface area contributed by atoms with E-state index in [1.807, 2.05) is 49.4 Å². The van der Waals surface area contributed by atoms with Gasteiger partial charge in [0.05, 0.1) is 28.6 Å². The average molecular weight is 613 g/mol. The van der Waals surface area contributed by atoms with Crippen molar-refractivity contribution in [1.29, 1.82) is 0 Å². The molecule has 4 rings (SSSR count). The third kappa shape index (κ3) is 6.19. The van der Waals surface area contributed by atoms with Gasteiger partial charge in [0.15, 0.2) is 11.5 Å². The molecule has 1 atom stereocenters. The lowest BCUT2D eigenvalue weighted by Crippen LogP contribution is -2.35. The van der Waals surface area contributed by atoms with Gasteiger partial charge in [0.2, 0.25) is 0 Å². The summed E-state index contributed by atoms with van der Waals surface area (Å²) in [5.74, 6) is 1.16. The van der Waals surface area contributed by atoms with Gasteiger partial charge in [-0.1, -0.05) is 52.0 Å². The Bertz CT molecular complexity index is 1070. The number of halogens is 2. The van der Waals surface area contributed by atoms with Crippen LogP contribution in [0.1, 0.15) is 30.9 Å². The highest BCUT2D eigenvalue weighted by molar-refractivity contribution is 9.10. The van der Waals surface area contributed by atoms with Crippen LogP contribution < -0.4 is 9.47 Å². The molecule has 0 radical (unpaired) electrons. The minimum atomic E-state index is -0.0786. The lowest BCUT2D eigenvalue weighted by atomic mass is 10.1. The van der Waals surface area contributed by atoms with E-state index in [4.69, 9.17) is 26.4 Å². The van der Waals surface area contributed by atoms with Crippen molar-refractivity contribution in [1.82, 2.24) is 4.90 Å². The number of thioether (sulfide) groups is 1. The average Bonchev–Trinajstić information content (AvgIpc) is 3.39. The Morgan fingerprint density at radius 2 is 2.03 bits per heavy atom. The first kappa shape index (κ1) is 24.7. The van der Waals surface area contributed by atoms with Gasteiger partial charge in [0.1, 0.15) is 10.9 Å². The molecular formula is C24H23Br2NO4S2. The lowest BCUT2D eigenvalue weighted by molar-refractivity contribution is -0.123. The third-order valence-electron chi connectivity index (χ3n) is 5.21. The molecule has 174 valence electrons. The van der Waals surface area contributed by atoms with Crippen molar-refractivity contribution in [2.45, 2.75) is 32.5 Å². The first-order valence-corrected chi connectivity index (χ1v) is 13.5. The van der Waals surface area contributed by atoms with E-state index >= 15 is 0 Å². The van der Waals surface area contributed by atoms with Crippen molar-refractivity contribution in [3.63, 3.8) is 0 Å². The Labute approximate surface area is 220 Å². The molecule has 2 aromatic carbocycles. The van der Waals surface area contributed by atoms with Gasteiger partial charge in [0.25, 0.3) is 5.91 Å². The van der Waals surface area contributed by atoms with E-state index in [2.05, 4.69) is 31.9 Å². The number of amides is 1. The van der Waals surface area contributed by atoms with Crippen molar-refractivity contribution >= 4 is 72.1 Å². The molecule has 33 heavy (non-hydrogen) atoms. The fraction of sp³-hybridized carbons (Fsp3) is 0.333. The minimum Gasteiger partial charge on any atom is -0.490 e. The predicted octanol–water partition coefficient (Wildman–Crippen LogP) is 6.57.